The fourth-order valence-electron chi connectivity index (χ4n) is 1.65. The molecular formula is C11H19ClN2O2. The molecular weight excluding hydrogens is 228 g/mol. The molecule has 4 nitrogen and oxygen atoms in total. The van der Waals surface area contributed by atoms with Crippen molar-refractivity contribution in [3.05, 3.63) is 16.9 Å². The number of rotatable bonds is 6. The van der Waals surface area contributed by atoms with Gasteiger partial charge in [-0.2, -0.15) is 5.10 Å². The summed E-state index contributed by atoms with van der Waals surface area (Å²) in [6, 6.07) is 0. The third kappa shape index (κ3) is 2.97. The molecule has 0 bridgehead atoms. The molecule has 0 aliphatic heterocycles. The van der Waals surface area contributed by atoms with Gasteiger partial charge >= 0.3 is 0 Å². The number of hydrogen-bond acceptors (Lipinski definition) is 3. The van der Waals surface area contributed by atoms with E-state index in [1.54, 1.807) is 17.8 Å². The number of hydrogen-bond donors (Lipinski definition) is 1. The molecule has 92 valence electrons. The quantitative estimate of drug-likeness (QED) is 0.837. The van der Waals surface area contributed by atoms with E-state index >= 15 is 0 Å². The van der Waals surface area contributed by atoms with E-state index in [1.807, 2.05) is 6.92 Å². The lowest BCUT2D eigenvalue weighted by Gasteiger charge is -2.24. The number of aryl methyl sites for hydroxylation is 1. The van der Waals surface area contributed by atoms with Crippen LogP contribution in [0.25, 0.3) is 0 Å². The Morgan fingerprint density at radius 2 is 2.25 bits per heavy atom. The van der Waals surface area contributed by atoms with Gasteiger partial charge in [0.2, 0.25) is 0 Å². The van der Waals surface area contributed by atoms with Crippen molar-refractivity contribution in [2.24, 2.45) is 0 Å². The highest BCUT2D eigenvalue weighted by Gasteiger charge is 2.30. The average molecular weight is 247 g/mol. The molecule has 1 rings (SSSR count). The standard InChI is InChI=1S/C11H19ClN2O2/c1-4-6-14-10(9(12)7-13-14)11(3,15)8-16-5-2/h7,15H,4-6,8H2,1-3H3. The molecule has 0 radical (unpaired) electrons. The lowest BCUT2D eigenvalue weighted by molar-refractivity contribution is -0.0400. The summed E-state index contributed by atoms with van der Waals surface area (Å²) in [6.45, 7) is 7.16. The van der Waals surface area contributed by atoms with E-state index in [9.17, 15) is 5.11 Å². The van der Waals surface area contributed by atoms with Gasteiger partial charge in [0, 0.05) is 13.2 Å². The Morgan fingerprint density at radius 3 is 2.81 bits per heavy atom. The van der Waals surface area contributed by atoms with Crippen molar-refractivity contribution in [1.82, 2.24) is 9.78 Å². The SMILES string of the molecule is CCCn1ncc(Cl)c1C(C)(O)COCC. The predicted molar refractivity (Wildman–Crippen MR) is 63.6 cm³/mol. The Kier molecular flexibility index (Phi) is 4.77. The minimum Gasteiger partial charge on any atom is -0.381 e. The van der Waals surface area contributed by atoms with Gasteiger partial charge < -0.3 is 9.84 Å². The molecule has 16 heavy (non-hydrogen) atoms. The van der Waals surface area contributed by atoms with Crippen LogP contribution in [0, 0.1) is 0 Å². The highest BCUT2D eigenvalue weighted by atomic mass is 35.5. The Balaban J connectivity index is 2.95. The van der Waals surface area contributed by atoms with Crippen molar-refractivity contribution in [2.75, 3.05) is 13.2 Å². The molecule has 0 saturated heterocycles. The normalized spacial score (nSPS) is 15.1. The summed E-state index contributed by atoms with van der Waals surface area (Å²) >= 11 is 6.05. The van der Waals surface area contributed by atoms with Crippen LogP contribution in [-0.4, -0.2) is 28.1 Å². The number of ether oxygens (including phenoxy) is 1. The first kappa shape index (κ1) is 13.5. The van der Waals surface area contributed by atoms with Crippen LogP contribution in [0.4, 0.5) is 0 Å². The third-order valence-corrected chi connectivity index (χ3v) is 2.60. The molecule has 1 unspecified atom stereocenters. The maximum atomic E-state index is 10.3. The second-order valence-corrected chi connectivity index (χ2v) is 4.38. The fraction of sp³-hybridized carbons (Fsp3) is 0.727. The van der Waals surface area contributed by atoms with Crippen molar-refractivity contribution in [3.63, 3.8) is 0 Å². The van der Waals surface area contributed by atoms with Crippen molar-refractivity contribution < 1.29 is 9.84 Å². The zero-order valence-corrected chi connectivity index (χ0v) is 10.8. The Bertz CT molecular complexity index is 337. The van der Waals surface area contributed by atoms with E-state index in [-0.39, 0.29) is 6.61 Å². The first-order chi connectivity index (χ1) is 7.53. The van der Waals surface area contributed by atoms with Gasteiger partial charge in [0.15, 0.2) is 0 Å². The van der Waals surface area contributed by atoms with Crippen molar-refractivity contribution in [3.8, 4) is 0 Å². The summed E-state index contributed by atoms with van der Waals surface area (Å²) < 4.78 is 7.00. The number of halogens is 1. The Labute approximate surface area is 101 Å². The van der Waals surface area contributed by atoms with E-state index in [2.05, 4.69) is 12.0 Å². The maximum Gasteiger partial charge on any atom is 0.128 e. The molecule has 1 heterocycles. The van der Waals surface area contributed by atoms with Crippen LogP contribution in [0.5, 0.6) is 0 Å². The largest absolute Gasteiger partial charge is 0.381 e. The van der Waals surface area contributed by atoms with Crippen molar-refractivity contribution in [1.29, 1.82) is 0 Å². The van der Waals surface area contributed by atoms with Crippen molar-refractivity contribution >= 4 is 11.6 Å². The summed E-state index contributed by atoms with van der Waals surface area (Å²) in [4.78, 5) is 0. The summed E-state index contributed by atoms with van der Waals surface area (Å²) in [6.07, 6.45) is 2.50. The second-order valence-electron chi connectivity index (χ2n) is 3.98. The average Bonchev–Trinajstić information content (AvgIpc) is 2.58. The highest BCUT2D eigenvalue weighted by molar-refractivity contribution is 6.31. The summed E-state index contributed by atoms with van der Waals surface area (Å²) in [5, 5.41) is 15.0. The zero-order chi connectivity index (χ0) is 12.2. The smallest absolute Gasteiger partial charge is 0.128 e. The Hall–Kier alpha value is -0.580. The van der Waals surface area contributed by atoms with Crippen LogP contribution in [0.1, 0.15) is 32.9 Å². The van der Waals surface area contributed by atoms with E-state index < -0.39 is 5.60 Å². The van der Waals surface area contributed by atoms with Gasteiger partial charge in [-0.3, -0.25) is 4.68 Å². The first-order valence-corrected chi connectivity index (χ1v) is 5.92. The number of aliphatic hydroxyl groups is 1. The van der Waals surface area contributed by atoms with Crippen LogP contribution >= 0.6 is 11.6 Å². The number of aromatic nitrogens is 2. The molecule has 0 spiro atoms. The van der Waals surface area contributed by atoms with Gasteiger partial charge in [-0.25, -0.2) is 0 Å². The molecule has 0 aliphatic carbocycles. The van der Waals surface area contributed by atoms with Crippen molar-refractivity contribution in [2.45, 2.75) is 39.3 Å². The second kappa shape index (κ2) is 5.66. The molecule has 0 aromatic carbocycles. The van der Waals surface area contributed by atoms with E-state index in [4.69, 9.17) is 16.3 Å². The maximum absolute atomic E-state index is 10.3. The van der Waals surface area contributed by atoms with E-state index in [1.165, 1.54) is 0 Å². The van der Waals surface area contributed by atoms with Gasteiger partial charge in [-0.1, -0.05) is 18.5 Å². The number of nitrogens with zero attached hydrogens (tertiary/aromatic N) is 2. The van der Waals surface area contributed by atoms with Gasteiger partial charge in [0.05, 0.1) is 23.5 Å². The third-order valence-electron chi connectivity index (χ3n) is 2.33. The molecule has 1 atom stereocenters. The highest BCUT2D eigenvalue weighted by Crippen LogP contribution is 2.28. The van der Waals surface area contributed by atoms with E-state index in [0.717, 1.165) is 13.0 Å². The van der Waals surface area contributed by atoms with Gasteiger partial charge in [0.1, 0.15) is 5.60 Å². The fourth-order valence-corrected chi connectivity index (χ4v) is 1.99. The van der Waals surface area contributed by atoms with E-state index in [0.29, 0.717) is 17.3 Å². The van der Waals surface area contributed by atoms with Gasteiger partial charge in [-0.05, 0) is 20.3 Å². The molecule has 5 heteroatoms. The lowest BCUT2D eigenvalue weighted by Crippen LogP contribution is -2.31. The Morgan fingerprint density at radius 1 is 1.56 bits per heavy atom. The summed E-state index contributed by atoms with van der Waals surface area (Å²) in [7, 11) is 0. The predicted octanol–water partition coefficient (Wildman–Crippen LogP) is 2.19. The summed E-state index contributed by atoms with van der Waals surface area (Å²) in [5.41, 5.74) is -0.469. The monoisotopic (exact) mass is 246 g/mol. The van der Waals surface area contributed by atoms with Crippen LogP contribution in [-0.2, 0) is 16.9 Å². The van der Waals surface area contributed by atoms with Crippen LogP contribution in [0.2, 0.25) is 5.02 Å². The van der Waals surface area contributed by atoms with Gasteiger partial charge in [0.25, 0.3) is 0 Å². The molecule has 0 amide bonds. The molecule has 0 saturated carbocycles. The summed E-state index contributed by atoms with van der Waals surface area (Å²) in [5.74, 6) is 0. The minimum atomic E-state index is -1.10. The molecule has 1 aromatic rings. The molecule has 0 fully saturated rings. The molecule has 0 aliphatic rings. The minimum absolute atomic E-state index is 0.221. The van der Waals surface area contributed by atoms with Crippen LogP contribution in [0.3, 0.4) is 0 Å². The van der Waals surface area contributed by atoms with Crippen LogP contribution < -0.4 is 0 Å². The topological polar surface area (TPSA) is 47.3 Å². The molecule has 1 N–H and O–H groups in total. The van der Waals surface area contributed by atoms with Crippen LogP contribution in [0.15, 0.2) is 6.20 Å². The van der Waals surface area contributed by atoms with Gasteiger partial charge in [-0.15, -0.1) is 0 Å². The first-order valence-electron chi connectivity index (χ1n) is 5.54. The molecule has 1 aromatic heterocycles. The lowest BCUT2D eigenvalue weighted by atomic mass is 10.0. The zero-order valence-electron chi connectivity index (χ0n) is 10.0.